The molecular formula is C28H36N4O8S2. The van der Waals surface area contributed by atoms with Crippen LogP contribution in [0.5, 0.6) is 5.75 Å². The maximum Gasteiger partial charge on any atom is 0.246 e. The molecule has 0 bridgehead atoms. The van der Waals surface area contributed by atoms with E-state index in [2.05, 4.69) is 10.3 Å². The highest BCUT2D eigenvalue weighted by atomic mass is 32.2. The monoisotopic (exact) mass is 620 g/mol. The molecule has 3 N–H and O–H groups in total. The van der Waals surface area contributed by atoms with Crippen LogP contribution in [0.3, 0.4) is 0 Å². The summed E-state index contributed by atoms with van der Waals surface area (Å²) in [7, 11) is -7.34. The molecule has 228 valence electrons. The summed E-state index contributed by atoms with van der Waals surface area (Å²) in [6.07, 6.45) is 6.64. The molecule has 4 heterocycles. The van der Waals surface area contributed by atoms with Gasteiger partial charge in [-0.15, -0.1) is 0 Å². The van der Waals surface area contributed by atoms with Crippen LogP contribution in [0.1, 0.15) is 32.1 Å². The number of aliphatic hydroxyl groups excluding tert-OH is 2. The molecule has 2 unspecified atom stereocenters. The Morgan fingerprint density at radius 1 is 1.10 bits per heavy atom. The fraction of sp³-hybridized carbons (Fsp3) is 0.536. The predicted molar refractivity (Wildman–Crippen MR) is 152 cm³/mol. The number of benzene rings is 1. The van der Waals surface area contributed by atoms with E-state index in [0.29, 0.717) is 63.2 Å². The molecule has 3 aromatic rings. The molecule has 1 aromatic carbocycles. The zero-order chi connectivity index (χ0) is 29.6. The number of rotatable bonds is 11. The van der Waals surface area contributed by atoms with Crippen LogP contribution in [0.25, 0.3) is 5.65 Å². The Labute approximate surface area is 245 Å². The average molecular weight is 621 g/mol. The van der Waals surface area contributed by atoms with Gasteiger partial charge in [0, 0.05) is 38.1 Å². The van der Waals surface area contributed by atoms with Gasteiger partial charge in [-0.1, -0.05) is 6.07 Å². The van der Waals surface area contributed by atoms with Gasteiger partial charge in [0.2, 0.25) is 10.0 Å². The fourth-order valence-electron chi connectivity index (χ4n) is 5.83. The number of fused-ring (bicyclic) bond motifs is 1. The molecule has 42 heavy (non-hydrogen) atoms. The minimum atomic E-state index is -3.67. The number of sulfonamides is 1. The molecule has 6 rings (SSSR count). The van der Waals surface area contributed by atoms with Crippen molar-refractivity contribution in [1.29, 1.82) is 0 Å². The van der Waals surface area contributed by atoms with Crippen molar-refractivity contribution < 1.29 is 36.5 Å². The van der Waals surface area contributed by atoms with Crippen molar-refractivity contribution in [2.75, 3.05) is 39.5 Å². The number of nitrogens with zero attached hydrogens (tertiary/aromatic N) is 3. The first-order chi connectivity index (χ1) is 20.1. The highest BCUT2D eigenvalue weighted by Crippen LogP contribution is 2.46. The van der Waals surface area contributed by atoms with Crippen LogP contribution < -0.4 is 10.1 Å². The first-order valence-electron chi connectivity index (χ1n) is 14.1. The summed E-state index contributed by atoms with van der Waals surface area (Å²) < 4.78 is 66.1. The second-order valence-electron chi connectivity index (χ2n) is 11.6. The summed E-state index contributed by atoms with van der Waals surface area (Å²) in [6, 6.07) is 9.77. The summed E-state index contributed by atoms with van der Waals surface area (Å²) in [6.45, 7) is 0.980. The van der Waals surface area contributed by atoms with E-state index in [1.165, 1.54) is 22.6 Å². The normalized spacial score (nSPS) is 22.9. The zero-order valence-electron chi connectivity index (χ0n) is 23.1. The molecule has 0 amide bonds. The molecule has 3 aliphatic rings. The number of hydrogen-bond donors (Lipinski definition) is 3. The van der Waals surface area contributed by atoms with Crippen molar-refractivity contribution in [2.45, 2.75) is 64.4 Å². The van der Waals surface area contributed by atoms with Gasteiger partial charge in [-0.3, -0.25) is 0 Å². The predicted octanol–water partition coefficient (Wildman–Crippen LogP) is 0.975. The first-order valence-corrected chi connectivity index (χ1v) is 17.0. The SMILES string of the molecule is O=S(=O)(c1cnc2cccn2c1)N1CCC2(CC1)CC(NCC(O)COc1cccc(S(=O)(=O)C3(CO)CC3)c1)CO2. The molecule has 1 aliphatic carbocycles. The lowest BCUT2D eigenvalue weighted by Gasteiger charge is -2.38. The van der Waals surface area contributed by atoms with Crippen molar-refractivity contribution in [2.24, 2.45) is 0 Å². The van der Waals surface area contributed by atoms with E-state index in [-0.39, 0.29) is 29.0 Å². The van der Waals surface area contributed by atoms with Gasteiger partial charge in [0.05, 0.1) is 34.7 Å². The molecular weight excluding hydrogens is 584 g/mol. The smallest absolute Gasteiger partial charge is 0.246 e. The Kier molecular flexibility index (Phi) is 7.83. The van der Waals surface area contributed by atoms with Crippen LogP contribution in [-0.2, 0) is 24.6 Å². The number of sulfone groups is 1. The second kappa shape index (κ2) is 11.2. The van der Waals surface area contributed by atoms with Gasteiger partial charge in [-0.25, -0.2) is 21.8 Å². The van der Waals surface area contributed by atoms with Gasteiger partial charge in [0.15, 0.2) is 9.84 Å². The second-order valence-corrected chi connectivity index (χ2v) is 15.8. The van der Waals surface area contributed by atoms with Gasteiger partial charge in [0.1, 0.15) is 29.0 Å². The van der Waals surface area contributed by atoms with Crippen LogP contribution in [0.4, 0.5) is 0 Å². The van der Waals surface area contributed by atoms with Crippen molar-refractivity contribution in [3.63, 3.8) is 0 Å². The summed E-state index contributed by atoms with van der Waals surface area (Å²) in [4.78, 5) is 4.50. The molecule has 12 nitrogen and oxygen atoms in total. The van der Waals surface area contributed by atoms with Crippen molar-refractivity contribution in [3.05, 3.63) is 55.0 Å². The standard InChI is InChI=1S/C28H36N4O8S2/c33-20-28(6-7-28)41(35,36)24-4-1-3-23(13-24)39-19-22(34)15-29-21-14-27(40-18-21)8-11-32(12-9-27)42(37,38)25-16-30-26-5-2-10-31(26)17-25/h1-5,10,13,16-17,21-22,29,33-34H,6-9,11-12,14-15,18-20H2. The van der Waals surface area contributed by atoms with E-state index < -0.39 is 42.9 Å². The Morgan fingerprint density at radius 3 is 2.62 bits per heavy atom. The summed E-state index contributed by atoms with van der Waals surface area (Å²) in [5.74, 6) is 0.331. The number of aromatic nitrogens is 2. The lowest BCUT2D eigenvalue weighted by molar-refractivity contribution is -0.0312. The van der Waals surface area contributed by atoms with Gasteiger partial charge < -0.3 is 29.4 Å². The Balaban J connectivity index is 0.967. The van der Waals surface area contributed by atoms with E-state index in [9.17, 15) is 27.0 Å². The third-order valence-electron chi connectivity index (χ3n) is 8.69. The Bertz CT molecular complexity index is 1650. The molecule has 2 aliphatic heterocycles. The topological polar surface area (TPSA) is 160 Å². The molecule has 14 heteroatoms. The minimum Gasteiger partial charge on any atom is -0.491 e. The molecule has 1 saturated carbocycles. The largest absolute Gasteiger partial charge is 0.491 e. The first kappa shape index (κ1) is 29.5. The molecule has 2 atom stereocenters. The molecule has 3 fully saturated rings. The summed E-state index contributed by atoms with van der Waals surface area (Å²) >= 11 is 0. The number of aliphatic hydroxyl groups is 2. The highest BCUT2D eigenvalue weighted by Gasteiger charge is 2.54. The van der Waals surface area contributed by atoms with E-state index in [0.717, 1.165) is 0 Å². The lowest BCUT2D eigenvalue weighted by atomic mass is 9.88. The maximum absolute atomic E-state index is 13.2. The van der Waals surface area contributed by atoms with Gasteiger partial charge in [-0.05, 0) is 62.4 Å². The number of ether oxygens (including phenoxy) is 2. The third kappa shape index (κ3) is 5.56. The number of nitrogens with one attached hydrogen (secondary N) is 1. The van der Waals surface area contributed by atoms with E-state index in [1.807, 2.05) is 12.1 Å². The van der Waals surface area contributed by atoms with Gasteiger partial charge in [0.25, 0.3) is 0 Å². The van der Waals surface area contributed by atoms with Crippen LogP contribution in [0, 0.1) is 0 Å². The highest BCUT2D eigenvalue weighted by molar-refractivity contribution is 7.93. The quantitative estimate of drug-likeness (QED) is 0.282. The van der Waals surface area contributed by atoms with Crippen LogP contribution >= 0.6 is 0 Å². The third-order valence-corrected chi connectivity index (χ3v) is 13.1. The van der Waals surface area contributed by atoms with Crippen molar-refractivity contribution >= 4 is 25.5 Å². The van der Waals surface area contributed by atoms with Crippen LogP contribution in [0.15, 0.2) is 64.8 Å². The average Bonchev–Trinajstić information content (AvgIpc) is 3.51. The zero-order valence-corrected chi connectivity index (χ0v) is 24.8. The van der Waals surface area contributed by atoms with Gasteiger partial charge in [-0.2, -0.15) is 4.31 Å². The van der Waals surface area contributed by atoms with Crippen molar-refractivity contribution in [3.8, 4) is 5.75 Å². The van der Waals surface area contributed by atoms with E-state index in [4.69, 9.17) is 9.47 Å². The Hall–Kier alpha value is -2.59. The van der Waals surface area contributed by atoms with E-state index in [1.54, 1.807) is 28.9 Å². The Morgan fingerprint density at radius 2 is 1.88 bits per heavy atom. The summed E-state index contributed by atoms with van der Waals surface area (Å²) in [5, 5.41) is 23.4. The van der Waals surface area contributed by atoms with Gasteiger partial charge >= 0.3 is 0 Å². The van der Waals surface area contributed by atoms with Crippen molar-refractivity contribution in [1.82, 2.24) is 19.0 Å². The van der Waals surface area contributed by atoms with Crippen LogP contribution in [-0.4, -0.2) is 103 Å². The lowest BCUT2D eigenvalue weighted by Crippen LogP contribution is -2.47. The number of hydrogen-bond acceptors (Lipinski definition) is 10. The fourth-order valence-corrected chi connectivity index (χ4v) is 9.06. The minimum absolute atomic E-state index is 0.00448. The number of piperidine rings is 1. The molecule has 0 radical (unpaired) electrons. The molecule has 2 saturated heterocycles. The maximum atomic E-state index is 13.2. The van der Waals surface area contributed by atoms with Crippen LogP contribution in [0.2, 0.25) is 0 Å². The molecule has 2 aromatic heterocycles. The summed E-state index contributed by atoms with van der Waals surface area (Å²) in [5.41, 5.74) is 0.277. The molecule has 1 spiro atoms. The van der Waals surface area contributed by atoms with E-state index >= 15 is 0 Å².